The number of nitrogens with zero attached hydrogens (tertiary/aromatic N) is 4. The third-order valence-electron chi connectivity index (χ3n) is 4.97. The van der Waals surface area contributed by atoms with Crippen LogP contribution < -0.4 is 10.2 Å². The van der Waals surface area contributed by atoms with Gasteiger partial charge in [-0.15, -0.1) is 0 Å². The number of anilines is 1. The molecule has 0 radical (unpaired) electrons. The molecule has 7 heteroatoms. The van der Waals surface area contributed by atoms with Crippen molar-refractivity contribution in [2.45, 2.75) is 6.54 Å². The third-order valence-corrected chi connectivity index (χ3v) is 4.97. The van der Waals surface area contributed by atoms with Gasteiger partial charge in [-0.25, -0.2) is 14.4 Å². The maximum atomic E-state index is 14.0. The maximum absolute atomic E-state index is 14.0. The van der Waals surface area contributed by atoms with Gasteiger partial charge in [0, 0.05) is 38.1 Å². The minimum Gasteiger partial charge on any atom is -0.353 e. The summed E-state index contributed by atoms with van der Waals surface area (Å²) in [6.07, 6.45) is 1.41. The second-order valence-corrected chi connectivity index (χ2v) is 6.86. The summed E-state index contributed by atoms with van der Waals surface area (Å²) in [5, 5.41) is 3.68. The zero-order valence-corrected chi connectivity index (χ0v) is 15.5. The highest BCUT2D eigenvalue weighted by atomic mass is 19.1. The number of hydrogen-bond donors (Lipinski definition) is 1. The number of hydrogen-bond acceptors (Lipinski definition) is 5. The molecule has 2 heterocycles. The van der Waals surface area contributed by atoms with E-state index >= 15 is 0 Å². The first-order valence-corrected chi connectivity index (χ1v) is 9.38. The monoisotopic (exact) mass is 379 g/mol. The van der Waals surface area contributed by atoms with Gasteiger partial charge in [0.15, 0.2) is 0 Å². The second-order valence-electron chi connectivity index (χ2n) is 6.86. The van der Waals surface area contributed by atoms with Crippen LogP contribution in [0.2, 0.25) is 0 Å². The molecule has 1 aliphatic heterocycles. The molecule has 1 amide bonds. The smallest absolute Gasteiger partial charge is 0.234 e. The van der Waals surface area contributed by atoms with Crippen molar-refractivity contribution in [1.29, 1.82) is 0 Å². The first kappa shape index (κ1) is 18.3. The van der Waals surface area contributed by atoms with Gasteiger partial charge in [-0.2, -0.15) is 0 Å². The number of amides is 1. The minimum absolute atomic E-state index is 0.0202. The van der Waals surface area contributed by atoms with Crippen molar-refractivity contribution in [3.8, 4) is 0 Å². The van der Waals surface area contributed by atoms with Gasteiger partial charge in [-0.3, -0.25) is 9.69 Å². The molecule has 0 aliphatic carbocycles. The standard InChI is InChI=1S/C21H22FN5O/c22-18-8-4-7-17-20(18)24-15-25-21(17)27-11-9-26(10-12-27)14-19(28)23-13-16-5-2-1-3-6-16/h1-8,15H,9-14H2,(H,23,28). The topological polar surface area (TPSA) is 61.4 Å². The lowest BCUT2D eigenvalue weighted by Gasteiger charge is -2.35. The van der Waals surface area contributed by atoms with Crippen molar-refractivity contribution in [2.75, 3.05) is 37.6 Å². The fourth-order valence-corrected chi connectivity index (χ4v) is 3.46. The normalized spacial score (nSPS) is 15.0. The maximum Gasteiger partial charge on any atom is 0.234 e. The second kappa shape index (κ2) is 8.31. The van der Waals surface area contributed by atoms with E-state index in [0.29, 0.717) is 18.6 Å². The van der Waals surface area contributed by atoms with E-state index in [1.54, 1.807) is 6.07 Å². The summed E-state index contributed by atoms with van der Waals surface area (Å²) in [6.45, 7) is 3.88. The molecule has 0 atom stereocenters. The van der Waals surface area contributed by atoms with Crippen LogP contribution in [-0.4, -0.2) is 53.5 Å². The van der Waals surface area contributed by atoms with E-state index in [9.17, 15) is 9.18 Å². The Hall–Kier alpha value is -3.06. The van der Waals surface area contributed by atoms with E-state index in [4.69, 9.17) is 0 Å². The Bertz CT molecular complexity index is 957. The molecule has 1 saturated heterocycles. The van der Waals surface area contributed by atoms with Gasteiger partial charge >= 0.3 is 0 Å². The van der Waals surface area contributed by atoms with Gasteiger partial charge in [0.25, 0.3) is 0 Å². The van der Waals surface area contributed by atoms with Crippen LogP contribution in [0, 0.1) is 5.82 Å². The van der Waals surface area contributed by atoms with E-state index < -0.39 is 0 Å². The molecule has 1 aromatic heterocycles. The van der Waals surface area contributed by atoms with Gasteiger partial charge in [0.1, 0.15) is 23.5 Å². The van der Waals surface area contributed by atoms with Crippen molar-refractivity contribution in [2.24, 2.45) is 0 Å². The fourth-order valence-electron chi connectivity index (χ4n) is 3.46. The van der Waals surface area contributed by atoms with Gasteiger partial charge < -0.3 is 10.2 Å². The van der Waals surface area contributed by atoms with Crippen molar-refractivity contribution in [1.82, 2.24) is 20.2 Å². The molecule has 0 spiro atoms. The largest absolute Gasteiger partial charge is 0.353 e. The number of rotatable bonds is 5. The number of piperazine rings is 1. The lowest BCUT2D eigenvalue weighted by atomic mass is 10.2. The summed E-state index contributed by atoms with van der Waals surface area (Å²) < 4.78 is 14.0. The number of benzene rings is 2. The van der Waals surface area contributed by atoms with Crippen molar-refractivity contribution in [3.05, 3.63) is 66.2 Å². The van der Waals surface area contributed by atoms with Crippen LogP contribution in [0.25, 0.3) is 10.9 Å². The Morgan fingerprint density at radius 2 is 1.79 bits per heavy atom. The van der Waals surface area contributed by atoms with E-state index in [0.717, 1.165) is 42.9 Å². The highest BCUT2D eigenvalue weighted by molar-refractivity contribution is 5.89. The molecule has 1 fully saturated rings. The molecule has 0 unspecified atom stereocenters. The third kappa shape index (κ3) is 4.09. The van der Waals surface area contributed by atoms with Crippen LogP contribution in [-0.2, 0) is 11.3 Å². The lowest BCUT2D eigenvalue weighted by molar-refractivity contribution is -0.122. The summed E-state index contributed by atoms with van der Waals surface area (Å²) in [5.41, 5.74) is 1.43. The molecular formula is C21H22FN5O. The van der Waals surface area contributed by atoms with Gasteiger partial charge in [-0.05, 0) is 17.7 Å². The molecule has 1 aliphatic rings. The molecule has 6 nitrogen and oxygen atoms in total. The number of nitrogens with one attached hydrogen (secondary N) is 1. The Kier molecular flexibility index (Phi) is 5.43. The number of halogens is 1. The summed E-state index contributed by atoms with van der Waals surface area (Å²) >= 11 is 0. The highest BCUT2D eigenvalue weighted by Crippen LogP contribution is 2.25. The zero-order chi connectivity index (χ0) is 19.3. The molecule has 3 aromatic rings. The number of fused-ring (bicyclic) bond motifs is 1. The quantitative estimate of drug-likeness (QED) is 0.737. The Labute approximate surface area is 163 Å². The fraction of sp³-hybridized carbons (Fsp3) is 0.286. The minimum atomic E-state index is -0.338. The summed E-state index contributed by atoms with van der Waals surface area (Å²) in [6, 6.07) is 14.8. The van der Waals surface area contributed by atoms with E-state index in [-0.39, 0.29) is 11.7 Å². The van der Waals surface area contributed by atoms with Crippen LogP contribution in [0.1, 0.15) is 5.56 Å². The average Bonchev–Trinajstić information content (AvgIpc) is 2.74. The van der Waals surface area contributed by atoms with Crippen LogP contribution in [0.4, 0.5) is 10.2 Å². The van der Waals surface area contributed by atoms with Crippen molar-refractivity contribution < 1.29 is 9.18 Å². The summed E-state index contributed by atoms with van der Waals surface area (Å²) in [5.74, 6) is 0.430. The summed E-state index contributed by atoms with van der Waals surface area (Å²) in [7, 11) is 0. The van der Waals surface area contributed by atoms with Gasteiger partial charge in [-0.1, -0.05) is 36.4 Å². The number of carbonyl (C=O) groups is 1. The Balaban J connectivity index is 1.33. The summed E-state index contributed by atoms with van der Waals surface area (Å²) in [4.78, 5) is 24.9. The highest BCUT2D eigenvalue weighted by Gasteiger charge is 2.21. The van der Waals surface area contributed by atoms with Crippen LogP contribution in [0.15, 0.2) is 54.9 Å². The zero-order valence-electron chi connectivity index (χ0n) is 15.5. The number of para-hydroxylation sites is 1. The van der Waals surface area contributed by atoms with Crippen molar-refractivity contribution >= 4 is 22.6 Å². The van der Waals surface area contributed by atoms with E-state index in [2.05, 4.69) is 25.1 Å². The molecule has 0 bridgehead atoms. The van der Waals surface area contributed by atoms with Gasteiger partial charge in [0.05, 0.1) is 6.54 Å². The average molecular weight is 379 g/mol. The van der Waals surface area contributed by atoms with Crippen LogP contribution in [0.3, 0.4) is 0 Å². The molecule has 28 heavy (non-hydrogen) atoms. The molecule has 4 rings (SSSR count). The molecule has 0 saturated carbocycles. The molecule has 144 valence electrons. The number of carbonyl (C=O) groups excluding carboxylic acids is 1. The van der Waals surface area contributed by atoms with Crippen molar-refractivity contribution in [3.63, 3.8) is 0 Å². The first-order chi connectivity index (χ1) is 13.7. The lowest BCUT2D eigenvalue weighted by Crippen LogP contribution is -2.49. The SMILES string of the molecule is O=C(CN1CCN(c2ncnc3c(F)cccc23)CC1)NCc1ccccc1. The molecule has 1 N–H and O–H groups in total. The van der Waals surface area contributed by atoms with E-state index in [1.807, 2.05) is 36.4 Å². The van der Waals surface area contributed by atoms with Crippen LogP contribution >= 0.6 is 0 Å². The Morgan fingerprint density at radius 3 is 2.57 bits per heavy atom. The Morgan fingerprint density at radius 1 is 1.00 bits per heavy atom. The molecule has 2 aromatic carbocycles. The predicted octanol–water partition coefficient (Wildman–Crippen LogP) is 2.21. The van der Waals surface area contributed by atoms with E-state index in [1.165, 1.54) is 12.4 Å². The molecular weight excluding hydrogens is 357 g/mol. The number of aromatic nitrogens is 2. The predicted molar refractivity (Wildman–Crippen MR) is 106 cm³/mol. The first-order valence-electron chi connectivity index (χ1n) is 9.38. The van der Waals surface area contributed by atoms with Crippen LogP contribution in [0.5, 0.6) is 0 Å². The van der Waals surface area contributed by atoms with Gasteiger partial charge in [0.2, 0.25) is 5.91 Å².